The van der Waals surface area contributed by atoms with Gasteiger partial charge in [0.2, 0.25) is 0 Å². The Labute approximate surface area is 129 Å². The van der Waals surface area contributed by atoms with Gasteiger partial charge in [-0.3, -0.25) is 0 Å². The minimum Gasteiger partial charge on any atom is -0.422 e. The lowest BCUT2D eigenvalue weighted by molar-refractivity contribution is 0.230. The fourth-order valence-corrected chi connectivity index (χ4v) is 1.47. The van der Waals surface area contributed by atoms with E-state index in [-0.39, 0.29) is 17.6 Å². The number of nitrogens with one attached hydrogen (secondary N) is 1. The molecule has 1 aromatic carbocycles. The van der Waals surface area contributed by atoms with Crippen LogP contribution in [0.15, 0.2) is 24.3 Å². The predicted molar refractivity (Wildman–Crippen MR) is 82.0 cm³/mol. The van der Waals surface area contributed by atoms with Crippen molar-refractivity contribution in [2.75, 3.05) is 19.4 Å². The molecular formula is C14H20N6O2. The number of nitrogens with zero attached hydrogens (tertiary/aromatic N) is 5. The zero-order valence-corrected chi connectivity index (χ0v) is 13.4. The normalized spacial score (nSPS) is 11.1. The molecule has 0 saturated heterocycles. The molecule has 1 heterocycles. The van der Waals surface area contributed by atoms with Crippen molar-refractivity contribution in [1.29, 1.82) is 0 Å². The van der Waals surface area contributed by atoms with Crippen LogP contribution in [-0.4, -0.2) is 45.2 Å². The van der Waals surface area contributed by atoms with Crippen LogP contribution >= 0.6 is 0 Å². The average Bonchev–Trinajstić information content (AvgIpc) is 2.89. The summed E-state index contributed by atoms with van der Waals surface area (Å²) in [6, 6.07) is 6.92. The van der Waals surface area contributed by atoms with E-state index < -0.39 is 0 Å². The molecule has 118 valence electrons. The van der Waals surface area contributed by atoms with Gasteiger partial charge >= 0.3 is 12.0 Å². The van der Waals surface area contributed by atoms with Crippen molar-refractivity contribution in [1.82, 2.24) is 25.1 Å². The zero-order valence-electron chi connectivity index (χ0n) is 13.4. The van der Waals surface area contributed by atoms with E-state index in [9.17, 15) is 4.79 Å². The van der Waals surface area contributed by atoms with Crippen LogP contribution in [0.2, 0.25) is 0 Å². The first-order chi connectivity index (χ1) is 10.3. The molecule has 1 N–H and O–H groups in total. The maximum atomic E-state index is 11.5. The molecular weight excluding hydrogens is 284 g/mol. The Kier molecular flexibility index (Phi) is 4.30. The topological polar surface area (TPSA) is 85.2 Å². The number of amides is 2. The quantitative estimate of drug-likeness (QED) is 0.940. The SMILES string of the molecule is CN(C)C(=O)Nc1ccc(Oc2nnn(C(C)(C)C)n2)cc1. The van der Waals surface area contributed by atoms with E-state index in [1.807, 2.05) is 20.8 Å². The van der Waals surface area contributed by atoms with Crippen LogP contribution in [-0.2, 0) is 5.54 Å². The number of hydrogen-bond acceptors (Lipinski definition) is 5. The Morgan fingerprint density at radius 1 is 1.23 bits per heavy atom. The second-order valence-corrected chi connectivity index (χ2v) is 5.98. The molecule has 0 aliphatic rings. The fourth-order valence-electron chi connectivity index (χ4n) is 1.47. The van der Waals surface area contributed by atoms with Gasteiger partial charge in [0.25, 0.3) is 0 Å². The molecule has 0 unspecified atom stereocenters. The summed E-state index contributed by atoms with van der Waals surface area (Å²) in [7, 11) is 3.36. The van der Waals surface area contributed by atoms with E-state index in [2.05, 4.69) is 20.7 Å². The van der Waals surface area contributed by atoms with Gasteiger partial charge in [-0.05, 0) is 50.3 Å². The number of tetrazole rings is 1. The Hall–Kier alpha value is -2.64. The summed E-state index contributed by atoms with van der Waals surface area (Å²) in [4.78, 5) is 14.5. The summed E-state index contributed by atoms with van der Waals surface area (Å²) in [5, 5.41) is 14.7. The molecule has 0 bridgehead atoms. The maximum Gasteiger partial charge on any atom is 0.361 e. The average molecular weight is 304 g/mol. The molecule has 0 aliphatic heterocycles. The largest absolute Gasteiger partial charge is 0.422 e. The lowest BCUT2D eigenvalue weighted by atomic mass is 10.1. The molecule has 0 spiro atoms. The van der Waals surface area contributed by atoms with Crippen LogP contribution in [0.25, 0.3) is 0 Å². The van der Waals surface area contributed by atoms with Crippen molar-refractivity contribution >= 4 is 11.7 Å². The van der Waals surface area contributed by atoms with E-state index in [1.54, 1.807) is 38.4 Å². The molecule has 0 radical (unpaired) electrons. The minimum atomic E-state index is -0.255. The Balaban J connectivity index is 2.02. The Bertz CT molecular complexity index is 642. The lowest BCUT2D eigenvalue weighted by Crippen LogP contribution is -2.27. The molecule has 0 fully saturated rings. The van der Waals surface area contributed by atoms with Gasteiger partial charge < -0.3 is 15.0 Å². The van der Waals surface area contributed by atoms with Crippen LogP contribution in [0.3, 0.4) is 0 Å². The van der Waals surface area contributed by atoms with Gasteiger partial charge in [0.05, 0.1) is 5.54 Å². The van der Waals surface area contributed by atoms with Crippen molar-refractivity contribution in [3.8, 4) is 11.8 Å². The lowest BCUT2D eigenvalue weighted by Gasteiger charge is -2.15. The van der Waals surface area contributed by atoms with Crippen LogP contribution in [0.1, 0.15) is 20.8 Å². The summed E-state index contributed by atoms with van der Waals surface area (Å²) < 4.78 is 5.53. The number of hydrogen-bond donors (Lipinski definition) is 1. The Morgan fingerprint density at radius 2 is 1.86 bits per heavy atom. The Morgan fingerprint density at radius 3 is 2.36 bits per heavy atom. The third-order valence-corrected chi connectivity index (χ3v) is 2.72. The van der Waals surface area contributed by atoms with Gasteiger partial charge in [0, 0.05) is 19.8 Å². The fraction of sp³-hybridized carbons (Fsp3) is 0.429. The van der Waals surface area contributed by atoms with E-state index in [4.69, 9.17) is 4.74 Å². The third kappa shape index (κ3) is 3.94. The first-order valence-electron chi connectivity index (χ1n) is 6.82. The third-order valence-electron chi connectivity index (χ3n) is 2.72. The molecule has 0 atom stereocenters. The number of anilines is 1. The van der Waals surface area contributed by atoms with Gasteiger partial charge in [-0.15, -0.1) is 0 Å². The summed E-state index contributed by atoms with van der Waals surface area (Å²) >= 11 is 0. The van der Waals surface area contributed by atoms with Crippen LogP contribution in [0.4, 0.5) is 10.5 Å². The molecule has 0 aliphatic carbocycles. The number of carbonyl (C=O) groups is 1. The first-order valence-corrected chi connectivity index (χ1v) is 6.82. The molecule has 0 saturated carbocycles. The maximum absolute atomic E-state index is 11.5. The highest BCUT2D eigenvalue weighted by atomic mass is 16.5. The molecule has 8 nitrogen and oxygen atoms in total. The number of rotatable bonds is 3. The molecule has 2 rings (SSSR count). The van der Waals surface area contributed by atoms with Crippen molar-refractivity contribution in [3.05, 3.63) is 24.3 Å². The van der Waals surface area contributed by atoms with Gasteiger partial charge in [0.1, 0.15) is 5.75 Å². The molecule has 8 heteroatoms. The number of aromatic nitrogens is 4. The predicted octanol–water partition coefficient (Wildman–Crippen LogP) is 2.31. The molecule has 2 aromatic rings. The summed E-state index contributed by atoms with van der Waals surface area (Å²) in [5.74, 6) is 0.566. The number of carbonyl (C=O) groups excluding carboxylic acids is 1. The van der Waals surface area contributed by atoms with E-state index in [0.29, 0.717) is 11.4 Å². The van der Waals surface area contributed by atoms with Gasteiger partial charge in [-0.25, -0.2) is 4.79 Å². The number of benzene rings is 1. The van der Waals surface area contributed by atoms with Crippen LogP contribution in [0.5, 0.6) is 11.8 Å². The summed E-state index contributed by atoms with van der Waals surface area (Å²) in [6.07, 6.45) is 0. The van der Waals surface area contributed by atoms with Gasteiger partial charge in [-0.2, -0.15) is 4.80 Å². The van der Waals surface area contributed by atoms with Crippen molar-refractivity contribution in [2.45, 2.75) is 26.3 Å². The molecule has 22 heavy (non-hydrogen) atoms. The molecule has 2 amide bonds. The van der Waals surface area contributed by atoms with E-state index in [0.717, 1.165) is 0 Å². The van der Waals surface area contributed by atoms with Crippen LogP contribution in [0, 0.1) is 0 Å². The second kappa shape index (κ2) is 6.00. The monoisotopic (exact) mass is 304 g/mol. The van der Waals surface area contributed by atoms with Crippen molar-refractivity contribution < 1.29 is 9.53 Å². The van der Waals surface area contributed by atoms with E-state index in [1.165, 1.54) is 9.70 Å². The highest BCUT2D eigenvalue weighted by Crippen LogP contribution is 2.21. The summed E-state index contributed by atoms with van der Waals surface area (Å²) in [6.45, 7) is 5.92. The van der Waals surface area contributed by atoms with E-state index >= 15 is 0 Å². The van der Waals surface area contributed by atoms with Gasteiger partial charge in [-0.1, -0.05) is 10.2 Å². The standard InChI is InChI=1S/C14H20N6O2/c1-14(2,3)20-17-12(16-18-20)22-11-8-6-10(7-9-11)15-13(21)19(4)5/h6-9H,1-5H3,(H,15,21). The number of ether oxygens (including phenoxy) is 1. The van der Waals surface area contributed by atoms with Crippen molar-refractivity contribution in [2.24, 2.45) is 0 Å². The smallest absolute Gasteiger partial charge is 0.361 e. The van der Waals surface area contributed by atoms with Crippen molar-refractivity contribution in [3.63, 3.8) is 0 Å². The van der Waals surface area contributed by atoms with Crippen LogP contribution < -0.4 is 10.1 Å². The van der Waals surface area contributed by atoms with Gasteiger partial charge in [0.15, 0.2) is 0 Å². The summed E-state index contributed by atoms with van der Waals surface area (Å²) in [5.41, 5.74) is 0.423. The second-order valence-electron chi connectivity index (χ2n) is 5.98. The zero-order chi connectivity index (χ0) is 16.3. The number of urea groups is 1. The first kappa shape index (κ1) is 15.7. The molecule has 1 aromatic heterocycles. The minimum absolute atomic E-state index is 0.181. The highest BCUT2D eigenvalue weighted by Gasteiger charge is 2.17. The highest BCUT2D eigenvalue weighted by molar-refractivity contribution is 5.88.